The predicted octanol–water partition coefficient (Wildman–Crippen LogP) is 1.16. The minimum absolute atomic E-state index is 0.0130. The maximum atomic E-state index is 12.8. The Morgan fingerprint density at radius 3 is 2.68 bits per heavy atom. The molecule has 0 unspecified atom stereocenters. The van der Waals surface area contributed by atoms with Crippen LogP contribution in [0.1, 0.15) is 22.5 Å². The molecule has 1 saturated heterocycles. The van der Waals surface area contributed by atoms with Crippen LogP contribution in [-0.2, 0) is 10.0 Å². The number of hydrogen-bond donors (Lipinski definition) is 2. The number of carbonyl (C=O) groups excluding carboxylic acids is 1. The number of hydrogen-bond acceptors (Lipinski definition) is 4. The van der Waals surface area contributed by atoms with E-state index in [0.29, 0.717) is 29.6 Å². The number of nitrogens with one attached hydrogen (secondary N) is 2. The molecule has 8 heteroatoms. The highest BCUT2D eigenvalue weighted by atomic mass is 32.2. The van der Waals surface area contributed by atoms with Gasteiger partial charge in [0, 0.05) is 25.3 Å². The Bertz CT molecular complexity index is 877. The van der Waals surface area contributed by atoms with Crippen molar-refractivity contribution in [1.82, 2.24) is 19.8 Å². The summed E-state index contributed by atoms with van der Waals surface area (Å²) in [6.45, 7) is 2.91. The van der Waals surface area contributed by atoms with Gasteiger partial charge in [0.25, 0.3) is 5.91 Å². The van der Waals surface area contributed by atoms with Crippen LogP contribution in [0.15, 0.2) is 41.4 Å². The molecule has 1 aliphatic carbocycles. The zero-order chi connectivity index (χ0) is 17.6. The molecule has 1 amide bonds. The molecule has 2 heterocycles. The van der Waals surface area contributed by atoms with Crippen molar-refractivity contribution in [2.45, 2.75) is 24.3 Å². The van der Waals surface area contributed by atoms with E-state index in [1.165, 1.54) is 6.20 Å². The highest BCUT2D eigenvalue weighted by Gasteiger charge is 2.50. The number of aryl methyl sites for hydroxylation is 1. The summed E-state index contributed by atoms with van der Waals surface area (Å²) in [6.07, 6.45) is 2.34. The van der Waals surface area contributed by atoms with E-state index in [-0.39, 0.29) is 17.9 Å². The van der Waals surface area contributed by atoms with Crippen molar-refractivity contribution in [3.05, 3.63) is 47.8 Å². The van der Waals surface area contributed by atoms with Gasteiger partial charge >= 0.3 is 0 Å². The maximum absolute atomic E-state index is 12.8. The van der Waals surface area contributed by atoms with E-state index >= 15 is 0 Å². The lowest BCUT2D eigenvalue weighted by molar-refractivity contribution is 0.0827. The van der Waals surface area contributed by atoms with Gasteiger partial charge in [-0.2, -0.15) is 9.40 Å². The molecule has 132 valence electrons. The number of rotatable bonds is 4. The molecule has 2 N–H and O–H groups in total. The van der Waals surface area contributed by atoms with Crippen LogP contribution in [0.2, 0.25) is 0 Å². The lowest BCUT2D eigenvalue weighted by Crippen LogP contribution is -2.52. The standard InChI is InChI=1S/C17H20N4O3S/c1-11-2-4-13(5-3-11)25(23,24)21-9-12-8-16(14(12)10-21)19-17(22)15-6-7-18-20-15/h2-7,12,14,16H,8-10H2,1H3,(H,18,20)(H,19,22)/t12-,14+,16+/m1/s1. The number of carbonyl (C=O) groups is 1. The fraction of sp³-hybridized carbons (Fsp3) is 0.412. The van der Waals surface area contributed by atoms with Gasteiger partial charge in [0.2, 0.25) is 10.0 Å². The second-order valence-electron chi connectivity index (χ2n) is 6.84. The highest BCUT2D eigenvalue weighted by molar-refractivity contribution is 7.89. The average Bonchev–Trinajstić information content (AvgIpc) is 3.21. The fourth-order valence-electron chi connectivity index (χ4n) is 3.72. The smallest absolute Gasteiger partial charge is 0.269 e. The first-order valence-electron chi connectivity index (χ1n) is 8.32. The zero-order valence-electron chi connectivity index (χ0n) is 13.8. The van der Waals surface area contributed by atoms with Gasteiger partial charge < -0.3 is 5.32 Å². The molecule has 7 nitrogen and oxygen atoms in total. The Kier molecular flexibility index (Phi) is 3.88. The third-order valence-corrected chi connectivity index (χ3v) is 7.10. The third-order valence-electron chi connectivity index (χ3n) is 5.25. The van der Waals surface area contributed by atoms with Crippen molar-refractivity contribution < 1.29 is 13.2 Å². The van der Waals surface area contributed by atoms with E-state index in [0.717, 1.165) is 12.0 Å². The van der Waals surface area contributed by atoms with Crippen molar-refractivity contribution in [1.29, 1.82) is 0 Å². The number of fused-ring (bicyclic) bond motifs is 1. The molecule has 1 aromatic heterocycles. The molecular weight excluding hydrogens is 340 g/mol. The summed E-state index contributed by atoms with van der Waals surface area (Å²) in [6, 6.07) is 8.56. The molecule has 1 aromatic carbocycles. The van der Waals surface area contributed by atoms with Crippen molar-refractivity contribution in [2.24, 2.45) is 11.8 Å². The molecule has 0 spiro atoms. The number of aromatic amines is 1. The third kappa shape index (κ3) is 2.85. The second kappa shape index (κ2) is 5.96. The Hall–Kier alpha value is -2.19. The van der Waals surface area contributed by atoms with Crippen molar-refractivity contribution in [3.8, 4) is 0 Å². The van der Waals surface area contributed by atoms with Crippen LogP contribution < -0.4 is 5.32 Å². The minimum atomic E-state index is -3.47. The van der Waals surface area contributed by atoms with Crippen LogP contribution in [-0.4, -0.2) is 48.0 Å². The molecule has 2 aliphatic rings. The van der Waals surface area contributed by atoms with Gasteiger partial charge in [-0.1, -0.05) is 17.7 Å². The van der Waals surface area contributed by atoms with E-state index in [1.807, 2.05) is 19.1 Å². The van der Waals surface area contributed by atoms with E-state index < -0.39 is 10.0 Å². The molecule has 1 aliphatic heterocycles. The van der Waals surface area contributed by atoms with E-state index in [9.17, 15) is 13.2 Å². The summed E-state index contributed by atoms with van der Waals surface area (Å²) >= 11 is 0. The molecule has 2 aromatic rings. The summed E-state index contributed by atoms with van der Waals surface area (Å²) in [7, 11) is -3.47. The molecule has 3 atom stereocenters. The topological polar surface area (TPSA) is 95.2 Å². The van der Waals surface area contributed by atoms with Gasteiger partial charge in [-0.05, 0) is 43.4 Å². The van der Waals surface area contributed by atoms with Crippen molar-refractivity contribution in [3.63, 3.8) is 0 Å². The van der Waals surface area contributed by atoms with Crippen LogP contribution in [0.5, 0.6) is 0 Å². The summed E-state index contributed by atoms with van der Waals surface area (Å²) in [5.41, 5.74) is 1.45. The number of amides is 1. The van der Waals surface area contributed by atoms with Gasteiger partial charge in [-0.3, -0.25) is 9.89 Å². The first-order valence-corrected chi connectivity index (χ1v) is 9.76. The molecule has 0 radical (unpaired) electrons. The van der Waals surface area contributed by atoms with Gasteiger partial charge in [0.15, 0.2) is 0 Å². The van der Waals surface area contributed by atoms with Crippen LogP contribution in [0.4, 0.5) is 0 Å². The van der Waals surface area contributed by atoms with E-state index in [1.54, 1.807) is 22.5 Å². The molecular formula is C17H20N4O3S. The van der Waals surface area contributed by atoms with Crippen LogP contribution in [0.3, 0.4) is 0 Å². The van der Waals surface area contributed by atoms with Crippen molar-refractivity contribution >= 4 is 15.9 Å². The average molecular weight is 360 g/mol. The lowest BCUT2D eigenvalue weighted by atomic mass is 9.71. The molecule has 4 rings (SSSR count). The van der Waals surface area contributed by atoms with Crippen LogP contribution in [0.25, 0.3) is 0 Å². The molecule has 25 heavy (non-hydrogen) atoms. The largest absolute Gasteiger partial charge is 0.348 e. The predicted molar refractivity (Wildman–Crippen MR) is 91.4 cm³/mol. The number of nitrogens with zero attached hydrogens (tertiary/aromatic N) is 2. The summed E-state index contributed by atoms with van der Waals surface area (Å²) < 4.78 is 27.2. The monoisotopic (exact) mass is 360 g/mol. The number of aromatic nitrogens is 2. The van der Waals surface area contributed by atoms with Gasteiger partial charge in [0.1, 0.15) is 5.69 Å². The molecule has 2 fully saturated rings. The van der Waals surface area contributed by atoms with Crippen LogP contribution in [0, 0.1) is 18.8 Å². The van der Waals surface area contributed by atoms with Gasteiger partial charge in [-0.25, -0.2) is 8.42 Å². The first-order chi connectivity index (χ1) is 11.9. The highest BCUT2D eigenvalue weighted by Crippen LogP contribution is 2.42. The zero-order valence-corrected chi connectivity index (χ0v) is 14.7. The van der Waals surface area contributed by atoms with E-state index in [4.69, 9.17) is 0 Å². The van der Waals surface area contributed by atoms with Crippen molar-refractivity contribution in [2.75, 3.05) is 13.1 Å². The summed E-state index contributed by atoms with van der Waals surface area (Å²) in [4.78, 5) is 12.4. The van der Waals surface area contributed by atoms with Crippen LogP contribution >= 0.6 is 0 Å². The summed E-state index contributed by atoms with van der Waals surface area (Å²) in [5, 5.41) is 9.39. The Balaban J connectivity index is 1.43. The van der Waals surface area contributed by atoms with Gasteiger partial charge in [-0.15, -0.1) is 0 Å². The number of H-pyrrole nitrogens is 1. The lowest BCUT2D eigenvalue weighted by Gasteiger charge is -2.39. The molecule has 1 saturated carbocycles. The SMILES string of the molecule is Cc1ccc(S(=O)(=O)N2C[C@H]3C[C@H](NC(=O)c4ccn[nH]4)[C@H]3C2)cc1. The molecule has 0 bridgehead atoms. The summed E-state index contributed by atoms with van der Waals surface area (Å²) in [5.74, 6) is 0.292. The number of benzene rings is 1. The maximum Gasteiger partial charge on any atom is 0.269 e. The normalized spacial score (nSPS) is 26.0. The Labute approximate surface area is 146 Å². The first kappa shape index (κ1) is 16.3. The Morgan fingerprint density at radius 2 is 2.00 bits per heavy atom. The van der Waals surface area contributed by atoms with E-state index in [2.05, 4.69) is 15.5 Å². The quantitative estimate of drug-likeness (QED) is 0.855. The Morgan fingerprint density at radius 1 is 1.24 bits per heavy atom. The minimum Gasteiger partial charge on any atom is -0.348 e. The fourth-order valence-corrected chi connectivity index (χ4v) is 5.25. The second-order valence-corrected chi connectivity index (χ2v) is 8.78. The van der Waals surface area contributed by atoms with Gasteiger partial charge in [0.05, 0.1) is 4.90 Å². The number of sulfonamides is 1.